The highest BCUT2D eigenvalue weighted by atomic mass is 32.1. The molecule has 4 rings (SSSR count). The topological polar surface area (TPSA) is 56.5 Å². The third-order valence-corrected chi connectivity index (χ3v) is 4.54. The highest BCUT2D eigenvalue weighted by Crippen LogP contribution is 2.32. The van der Waals surface area contributed by atoms with Crippen molar-refractivity contribution in [1.82, 2.24) is 24.7 Å². The largest absolute Gasteiger partial charge is 0.434 e. The maximum Gasteiger partial charge on any atom is 0.434 e. The van der Waals surface area contributed by atoms with Crippen molar-refractivity contribution in [3.8, 4) is 22.1 Å². The first-order chi connectivity index (χ1) is 13.0. The lowest BCUT2D eigenvalue weighted by Gasteiger charge is -2.01. The first-order valence-corrected chi connectivity index (χ1v) is 8.72. The van der Waals surface area contributed by atoms with Crippen LogP contribution < -0.4 is 0 Å². The molecule has 0 aliphatic heterocycles. The van der Waals surface area contributed by atoms with Gasteiger partial charge in [0.15, 0.2) is 16.5 Å². The van der Waals surface area contributed by atoms with Crippen LogP contribution in [-0.2, 0) is 12.7 Å². The molecule has 3 aromatic heterocycles. The van der Waals surface area contributed by atoms with Crippen molar-refractivity contribution in [2.24, 2.45) is 0 Å². The van der Waals surface area contributed by atoms with E-state index in [1.165, 1.54) is 0 Å². The van der Waals surface area contributed by atoms with Gasteiger partial charge >= 0.3 is 6.18 Å². The Morgan fingerprint density at radius 2 is 1.93 bits per heavy atom. The molecule has 0 fully saturated rings. The summed E-state index contributed by atoms with van der Waals surface area (Å²) in [5.74, 6) is 0.101. The van der Waals surface area contributed by atoms with E-state index in [0.29, 0.717) is 12.2 Å². The van der Waals surface area contributed by atoms with Crippen molar-refractivity contribution in [1.29, 1.82) is 0 Å². The minimum absolute atomic E-state index is 0.0945. The molecule has 0 unspecified atom stereocenters. The lowest BCUT2D eigenvalue weighted by atomic mass is 10.2. The van der Waals surface area contributed by atoms with Gasteiger partial charge in [-0.05, 0) is 11.6 Å². The third-order valence-electron chi connectivity index (χ3n) is 3.70. The van der Waals surface area contributed by atoms with Crippen LogP contribution in [0.1, 0.15) is 11.3 Å². The summed E-state index contributed by atoms with van der Waals surface area (Å²) in [5.41, 5.74) is 1.39. The smallest absolute Gasteiger partial charge is 0.268 e. The van der Waals surface area contributed by atoms with Gasteiger partial charge in [0.1, 0.15) is 0 Å². The average Bonchev–Trinajstić information content (AvgIpc) is 3.32. The molecule has 0 aliphatic rings. The molecule has 5 nitrogen and oxygen atoms in total. The fourth-order valence-corrected chi connectivity index (χ4v) is 3.19. The molecule has 0 atom stereocenters. The molecule has 0 spiro atoms. The van der Waals surface area contributed by atoms with Gasteiger partial charge in [-0.1, -0.05) is 30.3 Å². The molecule has 1 radical (unpaired) electrons. The molecular weight excluding hydrogens is 375 g/mol. The molecule has 0 bridgehead atoms. The Morgan fingerprint density at radius 3 is 2.67 bits per heavy atom. The van der Waals surface area contributed by atoms with Gasteiger partial charge in [-0.3, -0.25) is 4.68 Å². The van der Waals surface area contributed by atoms with Gasteiger partial charge in [0.2, 0.25) is 0 Å². The predicted molar refractivity (Wildman–Crippen MR) is 93.7 cm³/mol. The Morgan fingerprint density at radius 1 is 1.11 bits per heavy atom. The second-order valence-corrected chi connectivity index (χ2v) is 6.51. The van der Waals surface area contributed by atoms with Gasteiger partial charge in [-0.15, -0.1) is 11.3 Å². The molecule has 0 aliphatic carbocycles. The molecule has 1 aromatic carbocycles. The summed E-state index contributed by atoms with van der Waals surface area (Å²) >= 11 is 0.843. The maximum atomic E-state index is 12.7. The lowest BCUT2D eigenvalue weighted by molar-refractivity contribution is -0.140. The molecular formula is C18H11F3N5S. The highest BCUT2D eigenvalue weighted by Gasteiger charge is 2.34. The number of thiazole rings is 1. The molecule has 9 heteroatoms. The van der Waals surface area contributed by atoms with Gasteiger partial charge in [0.05, 0.1) is 24.6 Å². The van der Waals surface area contributed by atoms with E-state index in [2.05, 4.69) is 26.2 Å². The number of hydrogen-bond donors (Lipinski definition) is 0. The van der Waals surface area contributed by atoms with Crippen LogP contribution in [0.15, 0.2) is 54.2 Å². The Balaban J connectivity index is 1.59. The van der Waals surface area contributed by atoms with E-state index in [1.54, 1.807) is 16.9 Å². The van der Waals surface area contributed by atoms with Crippen molar-refractivity contribution in [3.05, 3.63) is 71.6 Å². The third kappa shape index (κ3) is 3.87. The number of rotatable bonds is 4. The van der Waals surface area contributed by atoms with E-state index in [0.717, 1.165) is 27.8 Å². The van der Waals surface area contributed by atoms with E-state index in [1.807, 2.05) is 36.5 Å². The molecule has 3 heterocycles. The molecule has 0 saturated heterocycles. The summed E-state index contributed by atoms with van der Waals surface area (Å²) in [6.45, 7) is 0.601. The number of nitrogens with zero attached hydrogens (tertiary/aromatic N) is 5. The summed E-state index contributed by atoms with van der Waals surface area (Å²) in [7, 11) is 0. The molecule has 0 saturated carbocycles. The summed E-state index contributed by atoms with van der Waals surface area (Å²) < 4.78 is 39.9. The average molecular weight is 386 g/mol. The number of aromatic nitrogens is 5. The van der Waals surface area contributed by atoms with Gasteiger partial charge in [0, 0.05) is 17.1 Å². The lowest BCUT2D eigenvalue weighted by Crippen LogP contribution is -2.05. The first kappa shape index (κ1) is 17.3. The van der Waals surface area contributed by atoms with Crippen LogP contribution in [0.2, 0.25) is 0 Å². The quantitative estimate of drug-likeness (QED) is 0.524. The molecule has 4 aromatic rings. The SMILES string of the molecule is FC(F)(F)c1csc(-c2n[c]cc(-c3cnn(Cc4ccccc4)c3)n2)n1. The first-order valence-electron chi connectivity index (χ1n) is 7.84. The van der Waals surface area contributed by atoms with E-state index >= 15 is 0 Å². The maximum absolute atomic E-state index is 12.7. The molecule has 0 N–H and O–H groups in total. The highest BCUT2D eigenvalue weighted by molar-refractivity contribution is 7.13. The van der Waals surface area contributed by atoms with E-state index < -0.39 is 11.9 Å². The molecule has 135 valence electrons. The van der Waals surface area contributed by atoms with Crippen molar-refractivity contribution >= 4 is 11.3 Å². The Bertz CT molecular complexity index is 1060. The summed E-state index contributed by atoms with van der Waals surface area (Å²) in [6, 6.07) is 11.4. The van der Waals surface area contributed by atoms with Crippen molar-refractivity contribution in [3.63, 3.8) is 0 Å². The summed E-state index contributed by atoms with van der Waals surface area (Å²) in [5, 5.41) is 5.35. The predicted octanol–water partition coefficient (Wildman–Crippen LogP) is 4.33. The van der Waals surface area contributed by atoms with Gasteiger partial charge in [0.25, 0.3) is 0 Å². The van der Waals surface area contributed by atoms with Crippen LogP contribution in [0.25, 0.3) is 22.1 Å². The van der Waals surface area contributed by atoms with Crippen molar-refractivity contribution in [2.75, 3.05) is 0 Å². The van der Waals surface area contributed by atoms with E-state index in [-0.39, 0.29) is 10.8 Å². The zero-order chi connectivity index (χ0) is 18.9. The van der Waals surface area contributed by atoms with Crippen LogP contribution in [0.3, 0.4) is 0 Å². The normalized spacial score (nSPS) is 11.7. The minimum atomic E-state index is -4.49. The van der Waals surface area contributed by atoms with Crippen LogP contribution in [0.4, 0.5) is 13.2 Å². The second kappa shape index (κ2) is 6.92. The Hall–Kier alpha value is -3.07. The molecule has 0 amide bonds. The van der Waals surface area contributed by atoms with Crippen molar-refractivity contribution in [2.45, 2.75) is 12.7 Å². The monoisotopic (exact) mass is 386 g/mol. The van der Waals surface area contributed by atoms with Gasteiger partial charge in [-0.2, -0.15) is 18.3 Å². The van der Waals surface area contributed by atoms with Crippen LogP contribution in [0.5, 0.6) is 0 Å². The summed E-state index contributed by atoms with van der Waals surface area (Å²) in [4.78, 5) is 11.8. The number of alkyl halides is 3. The number of benzene rings is 1. The molecule has 27 heavy (non-hydrogen) atoms. The number of halogens is 3. The van der Waals surface area contributed by atoms with E-state index in [9.17, 15) is 13.2 Å². The van der Waals surface area contributed by atoms with E-state index in [4.69, 9.17) is 0 Å². The van der Waals surface area contributed by atoms with Crippen LogP contribution >= 0.6 is 11.3 Å². The van der Waals surface area contributed by atoms with Crippen LogP contribution in [-0.4, -0.2) is 24.7 Å². The van der Waals surface area contributed by atoms with Gasteiger partial charge < -0.3 is 0 Å². The van der Waals surface area contributed by atoms with Crippen molar-refractivity contribution < 1.29 is 13.2 Å². The standard InChI is InChI=1S/C18H11F3N5S/c19-18(20,21)15-11-27-17(25-15)16-22-7-6-14(24-16)13-8-23-26(10-13)9-12-4-2-1-3-5-12/h1-6,8,10-11H,9H2. The zero-order valence-electron chi connectivity index (χ0n) is 13.7. The number of hydrogen-bond acceptors (Lipinski definition) is 5. The summed E-state index contributed by atoms with van der Waals surface area (Å²) in [6.07, 6.45) is 1.64. The fourth-order valence-electron chi connectivity index (χ4n) is 2.43. The van der Waals surface area contributed by atoms with Gasteiger partial charge in [-0.25, -0.2) is 15.0 Å². The van der Waals surface area contributed by atoms with Crippen LogP contribution in [0, 0.1) is 6.20 Å². The Kier molecular flexibility index (Phi) is 4.44. The zero-order valence-corrected chi connectivity index (χ0v) is 14.5. The minimum Gasteiger partial charge on any atom is -0.268 e. The Labute approximate surface area is 156 Å². The second-order valence-electron chi connectivity index (χ2n) is 5.65. The fraction of sp³-hybridized carbons (Fsp3) is 0.111.